The fourth-order valence-electron chi connectivity index (χ4n) is 2.71. The van der Waals surface area contributed by atoms with Gasteiger partial charge in [0, 0.05) is 12.0 Å². The quantitative estimate of drug-likeness (QED) is 0.657. The number of aromatic nitrogens is 1. The molecule has 1 aliphatic rings. The topological polar surface area (TPSA) is 30.0 Å². The van der Waals surface area contributed by atoms with E-state index in [1.54, 1.807) is 11.3 Å². The molecule has 2 aromatic carbocycles. The summed E-state index contributed by atoms with van der Waals surface area (Å²) < 4.78 is 0. The molecule has 0 spiro atoms. The molecule has 1 aliphatic carbocycles. The van der Waals surface area contributed by atoms with Crippen LogP contribution >= 0.6 is 11.3 Å². The summed E-state index contributed by atoms with van der Waals surface area (Å²) in [6, 6.07) is 14.7. The number of nitrogens with zero attached hydrogens (tertiary/aromatic N) is 1. The van der Waals surface area contributed by atoms with Crippen molar-refractivity contribution in [1.82, 2.24) is 4.98 Å². The Morgan fingerprint density at radius 1 is 1.00 bits per heavy atom. The molecule has 98 valence electrons. The maximum absolute atomic E-state index is 11.9. The van der Waals surface area contributed by atoms with Crippen LogP contribution in [0.4, 0.5) is 0 Å². The highest BCUT2D eigenvalue weighted by Crippen LogP contribution is 2.33. The molecule has 0 saturated carbocycles. The molecule has 1 heterocycles. The van der Waals surface area contributed by atoms with Crippen molar-refractivity contribution < 1.29 is 4.79 Å². The first-order valence-electron chi connectivity index (χ1n) is 6.83. The molecule has 0 aliphatic heterocycles. The summed E-state index contributed by atoms with van der Waals surface area (Å²) in [5.74, 6) is 0.260. The maximum atomic E-state index is 11.9. The number of Topliss-reactive ketones (excluding diaryl/α,β-unsaturated/α-hetero) is 1. The van der Waals surface area contributed by atoms with E-state index in [2.05, 4.69) is 35.3 Å². The molecular formula is C17H13NOS. The van der Waals surface area contributed by atoms with Gasteiger partial charge in [-0.1, -0.05) is 36.4 Å². The molecule has 0 unspecified atom stereocenters. The molecule has 0 atom stereocenters. The van der Waals surface area contributed by atoms with Crippen molar-refractivity contribution in [3.63, 3.8) is 0 Å². The molecule has 4 rings (SSSR count). The second kappa shape index (κ2) is 4.53. The molecule has 0 bridgehead atoms. The van der Waals surface area contributed by atoms with Crippen LogP contribution in [0.2, 0.25) is 0 Å². The number of benzene rings is 2. The molecule has 3 aromatic rings. The lowest BCUT2D eigenvalue weighted by Crippen LogP contribution is -2.07. The average Bonchev–Trinajstić information content (AvgIpc) is 2.92. The van der Waals surface area contributed by atoms with Gasteiger partial charge in [0.2, 0.25) is 0 Å². The van der Waals surface area contributed by atoms with E-state index in [0.717, 1.165) is 34.0 Å². The van der Waals surface area contributed by atoms with Gasteiger partial charge in [0.25, 0.3) is 0 Å². The van der Waals surface area contributed by atoms with Gasteiger partial charge in [0.05, 0.1) is 10.6 Å². The average molecular weight is 279 g/mol. The molecule has 0 saturated heterocycles. The zero-order chi connectivity index (χ0) is 13.5. The van der Waals surface area contributed by atoms with Gasteiger partial charge in [-0.05, 0) is 29.7 Å². The van der Waals surface area contributed by atoms with Crippen molar-refractivity contribution in [3.05, 3.63) is 53.0 Å². The molecule has 0 amide bonds. The number of hydrogen-bond acceptors (Lipinski definition) is 3. The Kier molecular flexibility index (Phi) is 2.67. The van der Waals surface area contributed by atoms with E-state index in [0.29, 0.717) is 6.42 Å². The molecule has 2 nitrogen and oxygen atoms in total. The van der Waals surface area contributed by atoms with Gasteiger partial charge in [-0.15, -0.1) is 11.3 Å². The van der Waals surface area contributed by atoms with Crippen LogP contribution in [0.15, 0.2) is 42.5 Å². The third-order valence-electron chi connectivity index (χ3n) is 3.76. The molecule has 20 heavy (non-hydrogen) atoms. The van der Waals surface area contributed by atoms with Crippen LogP contribution in [0.5, 0.6) is 0 Å². The Hall–Kier alpha value is -2.00. The highest BCUT2D eigenvalue weighted by atomic mass is 32.1. The lowest BCUT2D eigenvalue weighted by atomic mass is 10.0. The monoisotopic (exact) mass is 279 g/mol. The number of fused-ring (bicyclic) bond motifs is 2. The standard InChI is InChI=1S/C17H13NOS/c19-15-7-3-6-14-16(15)20-17(18-14)13-9-8-11-4-1-2-5-12(11)10-13/h1-2,4-5,8-10H,3,6-7H2. The number of hydrogen-bond donors (Lipinski definition) is 0. The molecule has 0 radical (unpaired) electrons. The second-order valence-corrected chi connectivity index (χ2v) is 6.13. The Bertz CT molecular complexity index is 819. The van der Waals surface area contributed by atoms with E-state index in [4.69, 9.17) is 0 Å². The molecular weight excluding hydrogens is 266 g/mol. The summed E-state index contributed by atoms with van der Waals surface area (Å²) >= 11 is 1.54. The van der Waals surface area contributed by atoms with Crippen molar-refractivity contribution in [2.75, 3.05) is 0 Å². The van der Waals surface area contributed by atoms with Gasteiger partial charge in [0.1, 0.15) is 5.01 Å². The minimum Gasteiger partial charge on any atom is -0.293 e. The minimum atomic E-state index is 0.260. The van der Waals surface area contributed by atoms with E-state index < -0.39 is 0 Å². The molecule has 3 heteroatoms. The maximum Gasteiger partial charge on any atom is 0.174 e. The molecule has 0 N–H and O–H groups in total. The predicted octanol–water partition coefficient (Wildman–Crippen LogP) is 4.48. The lowest BCUT2D eigenvalue weighted by molar-refractivity contribution is 0.0976. The molecule has 0 fully saturated rings. The number of carbonyl (C=O) groups excluding carboxylic acids is 1. The van der Waals surface area contributed by atoms with Crippen LogP contribution < -0.4 is 0 Å². The van der Waals surface area contributed by atoms with Crippen molar-refractivity contribution in [3.8, 4) is 10.6 Å². The number of carbonyl (C=O) groups is 1. The summed E-state index contributed by atoms with van der Waals surface area (Å²) in [5, 5.41) is 3.41. The van der Waals surface area contributed by atoms with Crippen LogP contribution in [-0.4, -0.2) is 10.8 Å². The number of rotatable bonds is 1. The molecule has 1 aromatic heterocycles. The predicted molar refractivity (Wildman–Crippen MR) is 82.3 cm³/mol. The Morgan fingerprint density at radius 2 is 1.85 bits per heavy atom. The van der Waals surface area contributed by atoms with Crippen LogP contribution in [0.1, 0.15) is 28.2 Å². The van der Waals surface area contributed by atoms with Crippen LogP contribution in [0.25, 0.3) is 21.3 Å². The van der Waals surface area contributed by atoms with Crippen LogP contribution in [0, 0.1) is 0 Å². The van der Waals surface area contributed by atoms with Gasteiger partial charge >= 0.3 is 0 Å². The number of thiazole rings is 1. The van der Waals surface area contributed by atoms with E-state index in [1.807, 2.05) is 12.1 Å². The third kappa shape index (κ3) is 1.86. The summed E-state index contributed by atoms with van der Waals surface area (Å²) in [6.07, 6.45) is 2.55. The summed E-state index contributed by atoms with van der Waals surface area (Å²) in [5.41, 5.74) is 2.10. The number of aryl methyl sites for hydroxylation is 1. The van der Waals surface area contributed by atoms with E-state index in [9.17, 15) is 4.79 Å². The minimum absolute atomic E-state index is 0.260. The van der Waals surface area contributed by atoms with Gasteiger partial charge in [-0.2, -0.15) is 0 Å². The van der Waals surface area contributed by atoms with Crippen molar-refractivity contribution in [1.29, 1.82) is 0 Å². The Balaban J connectivity index is 1.85. The van der Waals surface area contributed by atoms with Crippen molar-refractivity contribution >= 4 is 27.9 Å². The van der Waals surface area contributed by atoms with E-state index in [1.165, 1.54) is 10.8 Å². The van der Waals surface area contributed by atoms with Gasteiger partial charge in [0.15, 0.2) is 5.78 Å². The third-order valence-corrected chi connectivity index (χ3v) is 4.95. The fraction of sp³-hybridized carbons (Fsp3) is 0.176. The summed E-state index contributed by atoms with van der Waals surface area (Å²) in [6.45, 7) is 0. The smallest absolute Gasteiger partial charge is 0.174 e. The lowest BCUT2D eigenvalue weighted by Gasteiger charge is -2.06. The zero-order valence-electron chi connectivity index (χ0n) is 10.9. The van der Waals surface area contributed by atoms with Crippen LogP contribution in [0.3, 0.4) is 0 Å². The summed E-state index contributed by atoms with van der Waals surface area (Å²) in [7, 11) is 0. The van der Waals surface area contributed by atoms with E-state index in [-0.39, 0.29) is 5.78 Å². The van der Waals surface area contributed by atoms with Crippen LogP contribution in [-0.2, 0) is 6.42 Å². The largest absolute Gasteiger partial charge is 0.293 e. The normalized spacial score (nSPS) is 14.5. The zero-order valence-corrected chi connectivity index (χ0v) is 11.7. The van der Waals surface area contributed by atoms with Gasteiger partial charge in [-0.25, -0.2) is 4.98 Å². The fourth-order valence-corrected chi connectivity index (χ4v) is 3.79. The Morgan fingerprint density at radius 3 is 2.70 bits per heavy atom. The second-order valence-electron chi connectivity index (χ2n) is 5.13. The number of ketones is 1. The van der Waals surface area contributed by atoms with Crippen molar-refractivity contribution in [2.45, 2.75) is 19.3 Å². The highest BCUT2D eigenvalue weighted by molar-refractivity contribution is 7.17. The SMILES string of the molecule is O=C1CCCc2nc(-c3ccc4ccccc4c3)sc21. The summed E-state index contributed by atoms with van der Waals surface area (Å²) in [4.78, 5) is 17.5. The van der Waals surface area contributed by atoms with Gasteiger partial charge in [-0.3, -0.25) is 4.79 Å². The first kappa shape index (κ1) is 11.8. The first-order chi connectivity index (χ1) is 9.81. The highest BCUT2D eigenvalue weighted by Gasteiger charge is 2.22. The first-order valence-corrected chi connectivity index (χ1v) is 7.65. The van der Waals surface area contributed by atoms with Crippen molar-refractivity contribution in [2.24, 2.45) is 0 Å². The Labute approximate surface area is 121 Å². The van der Waals surface area contributed by atoms with Gasteiger partial charge < -0.3 is 0 Å². The van der Waals surface area contributed by atoms with E-state index >= 15 is 0 Å².